The second kappa shape index (κ2) is 8.15. The lowest BCUT2D eigenvalue weighted by Gasteiger charge is -2.27. The lowest BCUT2D eigenvalue weighted by molar-refractivity contribution is -0.141. The van der Waals surface area contributed by atoms with Gasteiger partial charge in [-0.3, -0.25) is 4.79 Å². The van der Waals surface area contributed by atoms with Gasteiger partial charge < -0.3 is 14.7 Å². The second-order valence-corrected chi connectivity index (χ2v) is 5.39. The lowest BCUT2D eigenvalue weighted by Crippen LogP contribution is -2.42. The number of carbonyl (C=O) groups excluding carboxylic acids is 1. The summed E-state index contributed by atoms with van der Waals surface area (Å²) in [7, 11) is 0. The SMILES string of the molecule is CCOc1ccc(C(=O)N(Cc2ccccc2)C(C)C(=O)O)cc1. The van der Waals surface area contributed by atoms with Gasteiger partial charge in [0.2, 0.25) is 0 Å². The van der Waals surface area contributed by atoms with Gasteiger partial charge in [-0.15, -0.1) is 0 Å². The van der Waals surface area contributed by atoms with E-state index in [1.165, 1.54) is 11.8 Å². The zero-order valence-corrected chi connectivity index (χ0v) is 13.8. The second-order valence-electron chi connectivity index (χ2n) is 5.39. The Morgan fingerprint density at radius 2 is 1.71 bits per heavy atom. The van der Waals surface area contributed by atoms with Crippen LogP contribution in [0.5, 0.6) is 5.75 Å². The molecule has 1 N–H and O–H groups in total. The van der Waals surface area contributed by atoms with Crippen LogP contribution in [0.4, 0.5) is 0 Å². The van der Waals surface area contributed by atoms with Gasteiger partial charge in [-0.1, -0.05) is 30.3 Å². The Morgan fingerprint density at radius 3 is 2.25 bits per heavy atom. The Morgan fingerprint density at radius 1 is 1.08 bits per heavy atom. The summed E-state index contributed by atoms with van der Waals surface area (Å²) < 4.78 is 5.36. The van der Waals surface area contributed by atoms with E-state index in [4.69, 9.17) is 4.74 Å². The fourth-order valence-electron chi connectivity index (χ4n) is 2.32. The maximum atomic E-state index is 12.8. The molecule has 0 spiro atoms. The molecule has 0 aliphatic carbocycles. The first-order chi connectivity index (χ1) is 11.5. The molecule has 0 aromatic heterocycles. The third-order valence-electron chi connectivity index (χ3n) is 3.69. The number of ether oxygens (including phenoxy) is 1. The van der Waals surface area contributed by atoms with Crippen LogP contribution in [0.15, 0.2) is 54.6 Å². The molecule has 5 nitrogen and oxygen atoms in total. The standard InChI is InChI=1S/C19H21NO4/c1-3-24-17-11-9-16(10-12-17)18(21)20(14(2)19(22)23)13-15-7-5-4-6-8-15/h4-12,14H,3,13H2,1-2H3,(H,22,23). The zero-order chi connectivity index (χ0) is 17.5. The Kier molecular flexibility index (Phi) is 5.95. The molecule has 2 rings (SSSR count). The van der Waals surface area contributed by atoms with Crippen LogP contribution in [0, 0.1) is 0 Å². The smallest absolute Gasteiger partial charge is 0.326 e. The molecule has 2 aromatic carbocycles. The van der Waals surface area contributed by atoms with E-state index in [2.05, 4.69) is 0 Å². The summed E-state index contributed by atoms with van der Waals surface area (Å²) in [6, 6.07) is 15.1. The maximum Gasteiger partial charge on any atom is 0.326 e. The van der Waals surface area contributed by atoms with E-state index in [1.807, 2.05) is 37.3 Å². The minimum atomic E-state index is -1.04. The van der Waals surface area contributed by atoms with Gasteiger partial charge in [-0.2, -0.15) is 0 Å². The summed E-state index contributed by atoms with van der Waals surface area (Å²) in [6.45, 7) is 4.18. The monoisotopic (exact) mass is 327 g/mol. The molecule has 5 heteroatoms. The van der Waals surface area contributed by atoms with Crippen LogP contribution in [0.3, 0.4) is 0 Å². The first-order valence-corrected chi connectivity index (χ1v) is 7.83. The predicted octanol–water partition coefficient (Wildman–Crippen LogP) is 3.20. The molecule has 0 heterocycles. The lowest BCUT2D eigenvalue weighted by atomic mass is 10.1. The molecule has 0 saturated heterocycles. The van der Waals surface area contributed by atoms with Crippen LogP contribution in [-0.4, -0.2) is 34.5 Å². The predicted molar refractivity (Wildman–Crippen MR) is 91.0 cm³/mol. The molecule has 0 radical (unpaired) electrons. The van der Waals surface area contributed by atoms with Crippen LogP contribution >= 0.6 is 0 Å². The quantitative estimate of drug-likeness (QED) is 0.848. The molecule has 0 bridgehead atoms. The summed E-state index contributed by atoms with van der Waals surface area (Å²) in [5, 5.41) is 9.33. The molecular formula is C19H21NO4. The molecule has 2 aromatic rings. The van der Waals surface area contributed by atoms with Gasteiger partial charge in [-0.25, -0.2) is 4.79 Å². The molecule has 0 aliphatic heterocycles. The van der Waals surface area contributed by atoms with Gasteiger partial charge in [0.15, 0.2) is 0 Å². The van der Waals surface area contributed by atoms with Crippen molar-refractivity contribution in [3.63, 3.8) is 0 Å². The van der Waals surface area contributed by atoms with Gasteiger partial charge >= 0.3 is 5.97 Å². The molecule has 24 heavy (non-hydrogen) atoms. The summed E-state index contributed by atoms with van der Waals surface area (Å²) in [6.07, 6.45) is 0. The van der Waals surface area contributed by atoms with Crippen molar-refractivity contribution in [2.45, 2.75) is 26.4 Å². The van der Waals surface area contributed by atoms with Crippen LogP contribution in [0.25, 0.3) is 0 Å². The largest absolute Gasteiger partial charge is 0.494 e. The number of aliphatic carboxylic acids is 1. The normalized spacial score (nSPS) is 11.6. The van der Waals surface area contributed by atoms with E-state index in [9.17, 15) is 14.7 Å². The van der Waals surface area contributed by atoms with Gasteiger partial charge in [0, 0.05) is 12.1 Å². The van der Waals surface area contributed by atoms with Crippen molar-refractivity contribution in [1.29, 1.82) is 0 Å². The molecule has 1 atom stereocenters. The van der Waals surface area contributed by atoms with Crippen LogP contribution in [-0.2, 0) is 11.3 Å². The van der Waals surface area contributed by atoms with E-state index in [-0.39, 0.29) is 12.5 Å². The zero-order valence-electron chi connectivity index (χ0n) is 13.8. The van der Waals surface area contributed by atoms with Gasteiger partial charge in [0.1, 0.15) is 11.8 Å². The fourth-order valence-corrected chi connectivity index (χ4v) is 2.32. The van der Waals surface area contributed by atoms with E-state index in [0.717, 1.165) is 5.56 Å². The highest BCUT2D eigenvalue weighted by Crippen LogP contribution is 2.17. The molecule has 126 valence electrons. The number of hydrogen-bond acceptors (Lipinski definition) is 3. The average molecular weight is 327 g/mol. The van der Waals surface area contributed by atoms with Crippen molar-refractivity contribution in [3.05, 3.63) is 65.7 Å². The molecule has 1 unspecified atom stereocenters. The molecule has 0 aliphatic rings. The van der Waals surface area contributed by atoms with Crippen molar-refractivity contribution in [2.24, 2.45) is 0 Å². The van der Waals surface area contributed by atoms with Crippen LogP contribution in [0.1, 0.15) is 29.8 Å². The number of carboxylic acids is 1. The van der Waals surface area contributed by atoms with Crippen molar-refractivity contribution in [2.75, 3.05) is 6.61 Å². The third kappa shape index (κ3) is 4.35. The van der Waals surface area contributed by atoms with Crippen LogP contribution in [0.2, 0.25) is 0 Å². The number of carboxylic acid groups (broad SMARTS) is 1. The Hall–Kier alpha value is -2.82. The highest BCUT2D eigenvalue weighted by Gasteiger charge is 2.26. The van der Waals surface area contributed by atoms with E-state index < -0.39 is 12.0 Å². The molecule has 0 fully saturated rings. The van der Waals surface area contributed by atoms with E-state index in [0.29, 0.717) is 17.9 Å². The number of benzene rings is 2. The summed E-state index contributed by atoms with van der Waals surface area (Å²) in [4.78, 5) is 25.5. The van der Waals surface area contributed by atoms with Crippen LogP contribution < -0.4 is 4.74 Å². The Balaban J connectivity index is 2.25. The van der Waals surface area contributed by atoms with Gasteiger partial charge in [-0.05, 0) is 43.7 Å². The first kappa shape index (κ1) is 17.5. The van der Waals surface area contributed by atoms with Crippen molar-refractivity contribution in [3.8, 4) is 5.75 Å². The number of nitrogens with zero attached hydrogens (tertiary/aromatic N) is 1. The maximum absolute atomic E-state index is 12.8. The summed E-state index contributed by atoms with van der Waals surface area (Å²) in [5.74, 6) is -0.683. The molecule has 0 saturated carbocycles. The fraction of sp³-hybridized carbons (Fsp3) is 0.263. The average Bonchev–Trinajstić information content (AvgIpc) is 2.60. The first-order valence-electron chi connectivity index (χ1n) is 7.83. The topological polar surface area (TPSA) is 66.8 Å². The number of amides is 1. The summed E-state index contributed by atoms with van der Waals surface area (Å²) >= 11 is 0. The van der Waals surface area contributed by atoms with E-state index in [1.54, 1.807) is 24.3 Å². The van der Waals surface area contributed by atoms with Gasteiger partial charge in [0.25, 0.3) is 5.91 Å². The van der Waals surface area contributed by atoms with E-state index >= 15 is 0 Å². The number of hydrogen-bond donors (Lipinski definition) is 1. The van der Waals surface area contributed by atoms with Crippen molar-refractivity contribution >= 4 is 11.9 Å². The highest BCUT2D eigenvalue weighted by atomic mass is 16.5. The molecular weight excluding hydrogens is 306 g/mol. The summed E-state index contributed by atoms with van der Waals surface area (Å²) in [5.41, 5.74) is 1.31. The minimum Gasteiger partial charge on any atom is -0.494 e. The van der Waals surface area contributed by atoms with Gasteiger partial charge in [0.05, 0.1) is 6.61 Å². The Bertz CT molecular complexity index is 682. The number of rotatable bonds is 7. The van der Waals surface area contributed by atoms with Crippen molar-refractivity contribution in [1.82, 2.24) is 4.90 Å². The third-order valence-corrected chi connectivity index (χ3v) is 3.69. The highest BCUT2D eigenvalue weighted by molar-refractivity contribution is 5.96. The Labute approximate surface area is 141 Å². The molecule has 1 amide bonds. The minimum absolute atomic E-state index is 0.236. The number of carbonyl (C=O) groups is 2. The van der Waals surface area contributed by atoms with Crippen molar-refractivity contribution < 1.29 is 19.4 Å².